The molecule has 0 amide bonds. The highest BCUT2D eigenvalue weighted by Gasteiger charge is 2.31. The van der Waals surface area contributed by atoms with Gasteiger partial charge in [-0.25, -0.2) is 14.7 Å². The minimum Gasteiger partial charge on any atom is -0.406 e. The molecule has 1 aromatic heterocycles. The van der Waals surface area contributed by atoms with E-state index in [9.17, 15) is 13.2 Å². The zero-order valence-electron chi connectivity index (χ0n) is 19.8. The highest BCUT2D eigenvalue weighted by atomic mass is 32.1. The van der Waals surface area contributed by atoms with Gasteiger partial charge in [0.15, 0.2) is 10.9 Å². The van der Waals surface area contributed by atoms with E-state index in [2.05, 4.69) is 19.9 Å². The molecule has 0 aliphatic heterocycles. The van der Waals surface area contributed by atoms with Crippen molar-refractivity contribution in [3.8, 4) is 22.8 Å². The molecule has 1 heterocycles. The predicted molar refractivity (Wildman–Crippen MR) is 141 cm³/mol. The number of aromatic nitrogens is 3. The van der Waals surface area contributed by atoms with E-state index in [0.29, 0.717) is 11.5 Å². The number of benzene rings is 3. The molecule has 3 aromatic carbocycles. The first-order valence-corrected chi connectivity index (χ1v) is 11.3. The molecule has 0 fully saturated rings. The van der Waals surface area contributed by atoms with E-state index >= 15 is 0 Å². The molecule has 4 aromatic rings. The van der Waals surface area contributed by atoms with Gasteiger partial charge >= 0.3 is 6.36 Å². The topological polar surface area (TPSA) is 84.8 Å². The van der Waals surface area contributed by atoms with Crippen LogP contribution >= 0.6 is 12.2 Å². The van der Waals surface area contributed by atoms with E-state index in [-0.39, 0.29) is 10.9 Å². The predicted octanol–water partition coefficient (Wildman–Crippen LogP) is 4.98. The summed E-state index contributed by atoms with van der Waals surface area (Å²) < 4.78 is 42.4. The summed E-state index contributed by atoms with van der Waals surface area (Å²) in [7, 11) is 3.91. The molecule has 0 aliphatic rings. The van der Waals surface area contributed by atoms with Crippen molar-refractivity contribution in [2.45, 2.75) is 6.36 Å². The van der Waals surface area contributed by atoms with Crippen molar-refractivity contribution < 1.29 is 17.9 Å². The molecular weight excluding hydrogens is 503 g/mol. The van der Waals surface area contributed by atoms with E-state index < -0.39 is 6.36 Å². The molecule has 12 heteroatoms. The van der Waals surface area contributed by atoms with Gasteiger partial charge in [0.05, 0.1) is 17.6 Å². The second kappa shape index (κ2) is 10.7. The highest BCUT2D eigenvalue weighted by Crippen LogP contribution is 2.24. The monoisotopic (exact) mass is 525 g/mol. The Morgan fingerprint density at radius 1 is 0.973 bits per heavy atom. The van der Waals surface area contributed by atoms with Gasteiger partial charge in [0, 0.05) is 25.3 Å². The maximum atomic E-state index is 12.3. The van der Waals surface area contributed by atoms with Crippen molar-refractivity contribution in [3.63, 3.8) is 0 Å². The molecule has 0 radical (unpaired) electrons. The van der Waals surface area contributed by atoms with Crippen molar-refractivity contribution in [1.82, 2.24) is 14.8 Å². The lowest BCUT2D eigenvalue weighted by Gasteiger charge is -2.18. The molecule has 0 unspecified atom stereocenters. The molecule has 4 rings (SSSR count). The van der Waals surface area contributed by atoms with Crippen LogP contribution < -0.4 is 20.4 Å². The van der Waals surface area contributed by atoms with Gasteiger partial charge < -0.3 is 15.4 Å². The van der Waals surface area contributed by atoms with Gasteiger partial charge in [-0.1, -0.05) is 24.3 Å². The Morgan fingerprint density at radius 3 is 2.16 bits per heavy atom. The van der Waals surface area contributed by atoms with Crippen molar-refractivity contribution in [3.05, 3.63) is 84.7 Å². The van der Waals surface area contributed by atoms with Crippen molar-refractivity contribution in [1.29, 1.82) is 0 Å². The van der Waals surface area contributed by atoms with E-state index in [1.807, 2.05) is 67.5 Å². The van der Waals surface area contributed by atoms with Crippen LogP contribution in [-0.4, -0.2) is 46.5 Å². The summed E-state index contributed by atoms with van der Waals surface area (Å²) in [6.45, 7) is 0. The number of hydrazone groups is 1. The summed E-state index contributed by atoms with van der Waals surface area (Å²) in [5.74, 6) is 0.137. The number of nitrogens with two attached hydrogens (primary N) is 1. The van der Waals surface area contributed by atoms with Gasteiger partial charge in [0.25, 0.3) is 0 Å². The van der Waals surface area contributed by atoms with E-state index in [0.717, 1.165) is 22.5 Å². The van der Waals surface area contributed by atoms with Crippen LogP contribution in [0.1, 0.15) is 5.56 Å². The maximum Gasteiger partial charge on any atom is 0.573 e. The molecule has 0 spiro atoms. The number of ether oxygens (including phenoxy) is 1. The highest BCUT2D eigenvalue weighted by molar-refractivity contribution is 7.80. The average molecular weight is 526 g/mol. The van der Waals surface area contributed by atoms with Crippen LogP contribution in [0.3, 0.4) is 0 Å². The number of nitrogens with zero attached hydrogens (tertiary/aromatic N) is 6. The Morgan fingerprint density at radius 2 is 1.59 bits per heavy atom. The number of hydrogen-bond acceptors (Lipinski definition) is 6. The Balaban J connectivity index is 1.45. The van der Waals surface area contributed by atoms with E-state index in [4.69, 9.17) is 18.0 Å². The number of thiocarbonyl (C=S) groups is 1. The van der Waals surface area contributed by atoms with Gasteiger partial charge in [-0.05, 0) is 66.3 Å². The minimum absolute atomic E-state index is 0.109. The molecule has 8 nitrogen and oxygen atoms in total. The third-order valence-electron chi connectivity index (χ3n) is 5.14. The lowest BCUT2D eigenvalue weighted by atomic mass is 10.1. The number of hydrogen-bond donors (Lipinski definition) is 1. The van der Waals surface area contributed by atoms with Crippen LogP contribution in [0.5, 0.6) is 5.75 Å². The quantitative estimate of drug-likeness (QED) is 0.207. The SMILES string of the molecule is CN(C)c1ccc(N(/N=C/c2ccc(-c3ncn(-c4ccc(OC(F)(F)F)cc4)n3)cc2)C(N)=S)cc1. The standard InChI is InChI=1S/C25H22F3N7OS/c1-33(2)19-7-9-21(10-8-19)35(24(29)37)31-15-17-3-5-18(6-4-17)23-30-16-34(32-23)20-11-13-22(14-12-20)36-25(26,27)28/h3-16H,1-2H3,(H2,29,37)/b31-15+. The Labute approximate surface area is 216 Å². The first-order chi connectivity index (χ1) is 17.6. The first kappa shape index (κ1) is 25.6. The fourth-order valence-electron chi connectivity index (χ4n) is 3.31. The summed E-state index contributed by atoms with van der Waals surface area (Å²) in [5.41, 5.74) is 9.73. The molecule has 0 bridgehead atoms. The molecule has 190 valence electrons. The van der Waals surface area contributed by atoms with E-state index in [1.165, 1.54) is 40.3 Å². The number of halogens is 3. The molecule has 0 saturated carbocycles. The molecule has 0 saturated heterocycles. The Hall–Kier alpha value is -4.45. The summed E-state index contributed by atoms with van der Waals surface area (Å²) in [6, 6.07) is 20.4. The third kappa shape index (κ3) is 6.61. The van der Waals surface area contributed by atoms with Crippen LogP contribution in [-0.2, 0) is 0 Å². The van der Waals surface area contributed by atoms with Crippen LogP contribution in [0, 0.1) is 0 Å². The normalized spacial score (nSPS) is 11.5. The smallest absolute Gasteiger partial charge is 0.406 e. The molecule has 0 aliphatic carbocycles. The zero-order valence-corrected chi connectivity index (χ0v) is 20.6. The van der Waals surface area contributed by atoms with Crippen LogP contribution in [0.4, 0.5) is 24.5 Å². The van der Waals surface area contributed by atoms with Crippen LogP contribution in [0.15, 0.2) is 84.2 Å². The number of anilines is 2. The maximum absolute atomic E-state index is 12.3. The summed E-state index contributed by atoms with van der Waals surface area (Å²) in [6.07, 6.45) is -1.63. The van der Waals surface area contributed by atoms with Crippen molar-refractivity contribution in [2.75, 3.05) is 24.0 Å². The van der Waals surface area contributed by atoms with Gasteiger partial charge in [-0.2, -0.15) is 5.10 Å². The number of alkyl halides is 3. The lowest BCUT2D eigenvalue weighted by molar-refractivity contribution is -0.274. The van der Waals surface area contributed by atoms with Crippen LogP contribution in [0.25, 0.3) is 17.1 Å². The fourth-order valence-corrected chi connectivity index (χ4v) is 3.46. The Kier molecular flexibility index (Phi) is 7.39. The van der Waals surface area contributed by atoms with Gasteiger partial charge in [-0.3, -0.25) is 0 Å². The summed E-state index contributed by atoms with van der Waals surface area (Å²) in [4.78, 5) is 6.28. The average Bonchev–Trinajstić information content (AvgIpc) is 3.34. The van der Waals surface area contributed by atoms with Crippen molar-refractivity contribution in [2.24, 2.45) is 10.8 Å². The second-order valence-electron chi connectivity index (χ2n) is 7.98. The fraction of sp³-hybridized carbons (Fsp3) is 0.120. The van der Waals surface area contributed by atoms with E-state index in [1.54, 1.807) is 6.21 Å². The molecule has 0 atom stereocenters. The minimum atomic E-state index is -4.75. The summed E-state index contributed by atoms with van der Waals surface area (Å²) >= 11 is 5.16. The second-order valence-corrected chi connectivity index (χ2v) is 8.40. The molecule has 2 N–H and O–H groups in total. The largest absolute Gasteiger partial charge is 0.573 e. The molecular formula is C25H22F3N7OS. The number of rotatable bonds is 7. The lowest BCUT2D eigenvalue weighted by Crippen LogP contribution is -2.31. The molecule has 37 heavy (non-hydrogen) atoms. The summed E-state index contributed by atoms with van der Waals surface area (Å²) in [5, 5.41) is 10.4. The third-order valence-corrected chi connectivity index (χ3v) is 5.31. The zero-order chi connectivity index (χ0) is 26.6. The van der Waals surface area contributed by atoms with Gasteiger partial charge in [0.1, 0.15) is 12.1 Å². The van der Waals surface area contributed by atoms with Gasteiger partial charge in [0.2, 0.25) is 0 Å². The first-order valence-electron chi connectivity index (χ1n) is 10.9. The van der Waals surface area contributed by atoms with Crippen molar-refractivity contribution >= 4 is 34.9 Å². The van der Waals surface area contributed by atoms with Gasteiger partial charge in [-0.15, -0.1) is 18.3 Å². The van der Waals surface area contributed by atoms with Crippen LogP contribution in [0.2, 0.25) is 0 Å². The Bertz CT molecular complexity index is 1380.